The first-order chi connectivity index (χ1) is 20.4. The van der Waals surface area contributed by atoms with Crippen molar-refractivity contribution in [2.24, 2.45) is 11.8 Å². The summed E-state index contributed by atoms with van der Waals surface area (Å²) in [5, 5.41) is 14.7. The van der Waals surface area contributed by atoms with E-state index in [4.69, 9.17) is 4.74 Å². The highest BCUT2D eigenvalue weighted by molar-refractivity contribution is 5.84. The van der Waals surface area contributed by atoms with E-state index in [-0.39, 0.29) is 24.2 Å². The normalized spacial score (nSPS) is 20.2. The number of benzene rings is 2. The molecule has 0 bridgehead atoms. The monoisotopic (exact) mass is 584 g/mol. The summed E-state index contributed by atoms with van der Waals surface area (Å²) >= 11 is 0. The molecule has 2 aromatic carbocycles. The van der Waals surface area contributed by atoms with Crippen molar-refractivity contribution in [1.82, 2.24) is 14.8 Å². The minimum absolute atomic E-state index is 0.0387. The molecular formula is C34H34F2N4O3. The van der Waals surface area contributed by atoms with Gasteiger partial charge in [-0.3, -0.25) is 9.48 Å². The number of hydrogen-bond donors (Lipinski definition) is 1. The number of nitrogens with zero attached hydrogens (tertiary/aromatic N) is 4. The molecule has 7 rings (SSSR count). The summed E-state index contributed by atoms with van der Waals surface area (Å²) in [6.45, 7) is 8.43. The molecule has 3 atom stereocenters. The number of Topliss-reactive ketones (excluding diaryl/α,β-unsaturated/α-hetero) is 1. The molecule has 7 nitrogen and oxygen atoms in total. The van der Waals surface area contributed by atoms with Gasteiger partial charge in [0.2, 0.25) is 5.88 Å². The van der Waals surface area contributed by atoms with Gasteiger partial charge in [-0.2, -0.15) is 5.10 Å². The van der Waals surface area contributed by atoms with Crippen LogP contribution < -0.4 is 9.64 Å². The van der Waals surface area contributed by atoms with Gasteiger partial charge >= 0.3 is 0 Å². The molecule has 3 aliphatic rings. The van der Waals surface area contributed by atoms with Crippen LogP contribution in [-0.2, 0) is 37.5 Å². The third kappa shape index (κ3) is 5.09. The summed E-state index contributed by atoms with van der Waals surface area (Å²) in [5.74, 6) is 0.606. The minimum atomic E-state index is -0.857. The van der Waals surface area contributed by atoms with Crippen LogP contribution in [0, 0.1) is 30.4 Å². The Morgan fingerprint density at radius 1 is 1.09 bits per heavy atom. The number of carbonyl (C=O) groups excluding carboxylic acids is 1. The Bertz CT molecular complexity index is 1750. The Labute approximate surface area is 249 Å². The molecule has 1 saturated carbocycles. The van der Waals surface area contributed by atoms with E-state index in [0.29, 0.717) is 53.7 Å². The van der Waals surface area contributed by atoms with Crippen LogP contribution in [0.2, 0.25) is 0 Å². The van der Waals surface area contributed by atoms with Gasteiger partial charge in [-0.1, -0.05) is 0 Å². The van der Waals surface area contributed by atoms with Crippen LogP contribution >= 0.6 is 0 Å². The average molecular weight is 585 g/mol. The van der Waals surface area contributed by atoms with Gasteiger partial charge in [0.25, 0.3) is 0 Å². The van der Waals surface area contributed by atoms with Crippen molar-refractivity contribution in [2.45, 2.75) is 71.9 Å². The third-order valence-corrected chi connectivity index (χ3v) is 9.00. The minimum Gasteiger partial charge on any atom is -0.473 e. The number of anilines is 1. The molecule has 0 saturated heterocycles. The smallest absolute Gasteiger partial charge is 0.213 e. The molecule has 1 N–H and O–H groups in total. The zero-order chi connectivity index (χ0) is 30.2. The maximum Gasteiger partial charge on any atom is 0.213 e. The van der Waals surface area contributed by atoms with E-state index in [1.807, 2.05) is 18.3 Å². The molecule has 9 heteroatoms. The number of ether oxygens (including phenoxy) is 1. The second-order valence-corrected chi connectivity index (χ2v) is 12.9. The van der Waals surface area contributed by atoms with Crippen molar-refractivity contribution < 1.29 is 23.4 Å². The predicted molar refractivity (Wildman–Crippen MR) is 158 cm³/mol. The van der Waals surface area contributed by atoms with E-state index >= 15 is 4.39 Å². The van der Waals surface area contributed by atoms with Crippen LogP contribution in [0.4, 0.5) is 14.5 Å². The first-order valence-corrected chi connectivity index (χ1v) is 14.7. The van der Waals surface area contributed by atoms with E-state index in [1.54, 1.807) is 50.7 Å². The summed E-state index contributed by atoms with van der Waals surface area (Å²) in [6, 6.07) is 10.1. The van der Waals surface area contributed by atoms with Crippen molar-refractivity contribution >= 4 is 11.5 Å². The van der Waals surface area contributed by atoms with Crippen molar-refractivity contribution in [3.05, 3.63) is 93.9 Å². The number of halogens is 2. The molecule has 3 heterocycles. The van der Waals surface area contributed by atoms with E-state index < -0.39 is 17.2 Å². The molecule has 0 unspecified atom stereocenters. The van der Waals surface area contributed by atoms with Crippen LogP contribution in [0.5, 0.6) is 5.88 Å². The quantitative estimate of drug-likeness (QED) is 0.279. The fraction of sp³-hybridized carbons (Fsp3) is 0.382. The summed E-state index contributed by atoms with van der Waals surface area (Å²) in [5.41, 5.74) is 6.07. The maximum atomic E-state index is 15.6. The van der Waals surface area contributed by atoms with Gasteiger partial charge in [-0.15, -0.1) is 0 Å². The van der Waals surface area contributed by atoms with Crippen molar-refractivity contribution in [3.63, 3.8) is 0 Å². The first-order valence-electron chi connectivity index (χ1n) is 14.7. The lowest BCUT2D eigenvalue weighted by Crippen LogP contribution is -2.27. The number of carbonyl (C=O) groups is 1. The fourth-order valence-corrected chi connectivity index (χ4v) is 6.96. The predicted octanol–water partition coefficient (Wildman–Crippen LogP) is 5.88. The van der Waals surface area contributed by atoms with Gasteiger partial charge in [-0.05, 0) is 98.5 Å². The zero-order valence-corrected chi connectivity index (χ0v) is 24.7. The second-order valence-electron chi connectivity index (χ2n) is 12.9. The van der Waals surface area contributed by atoms with Crippen LogP contribution in [-0.4, -0.2) is 31.3 Å². The van der Waals surface area contributed by atoms with Crippen molar-refractivity contribution in [1.29, 1.82) is 0 Å². The molecule has 0 spiro atoms. The molecular weight excluding hydrogens is 550 g/mol. The highest BCUT2D eigenvalue weighted by Gasteiger charge is 2.58. The lowest BCUT2D eigenvalue weighted by Gasteiger charge is -2.20. The summed E-state index contributed by atoms with van der Waals surface area (Å²) in [4.78, 5) is 18.3. The van der Waals surface area contributed by atoms with Crippen LogP contribution in [0.25, 0.3) is 11.1 Å². The Hall–Kier alpha value is -4.11. The SMILES string of the molecule is CC(=O)[C@H]1[C@@H]2Cc3cc(OCc4cc(-c5ccc(N6Cc7cn(CC(C)(C)O)nc7C6)cc5F)c(C)cc4F)ncc3[C@@H]21. The maximum absolute atomic E-state index is 15.6. The summed E-state index contributed by atoms with van der Waals surface area (Å²) in [6.07, 6.45) is 4.56. The van der Waals surface area contributed by atoms with Gasteiger partial charge in [-0.25, -0.2) is 13.8 Å². The third-order valence-electron chi connectivity index (χ3n) is 9.00. The van der Waals surface area contributed by atoms with Gasteiger partial charge in [0, 0.05) is 53.3 Å². The van der Waals surface area contributed by atoms with Gasteiger partial charge in [0.1, 0.15) is 24.0 Å². The van der Waals surface area contributed by atoms with Crippen LogP contribution in [0.15, 0.2) is 48.8 Å². The molecule has 222 valence electrons. The average Bonchev–Trinajstić information content (AvgIpc) is 3.15. The molecule has 2 aliphatic carbocycles. The molecule has 0 radical (unpaired) electrons. The summed E-state index contributed by atoms with van der Waals surface area (Å²) < 4.78 is 38.2. The Kier molecular flexibility index (Phi) is 6.43. The Balaban J connectivity index is 1.05. The number of rotatable bonds is 8. The standard InChI is InChI=1S/C34H34F2N4O3/c1-18-7-28(35)21(16-43-31-10-20-8-26-32(19(2)41)33(26)27(20)12-37-31)9-25(18)24-6-5-23(11-29(24)36)39-13-22-14-40(17-34(3,4)42)38-30(22)15-39/h5-7,9-12,14,26,32-33,42H,8,13,15-17H2,1-4H3/t26-,32-,33+/m0/s1. The molecule has 43 heavy (non-hydrogen) atoms. The zero-order valence-electron chi connectivity index (χ0n) is 24.7. The highest BCUT2D eigenvalue weighted by Crippen LogP contribution is 2.61. The highest BCUT2D eigenvalue weighted by atomic mass is 19.1. The van der Waals surface area contributed by atoms with Crippen molar-refractivity contribution in [2.75, 3.05) is 4.90 Å². The largest absolute Gasteiger partial charge is 0.473 e. The Morgan fingerprint density at radius 3 is 2.63 bits per heavy atom. The topological polar surface area (TPSA) is 80.5 Å². The van der Waals surface area contributed by atoms with Gasteiger partial charge in [0.05, 0.1) is 24.4 Å². The van der Waals surface area contributed by atoms with Gasteiger partial charge < -0.3 is 14.7 Å². The molecule has 2 aromatic heterocycles. The second kappa shape index (κ2) is 9.98. The van der Waals surface area contributed by atoms with E-state index in [9.17, 15) is 14.3 Å². The van der Waals surface area contributed by atoms with E-state index in [1.165, 1.54) is 12.1 Å². The number of aryl methyl sites for hydroxylation is 1. The number of fused-ring (bicyclic) bond motifs is 4. The number of aromatic nitrogens is 3. The number of aliphatic hydroxyl groups is 1. The lowest BCUT2D eigenvalue weighted by molar-refractivity contribution is -0.118. The van der Waals surface area contributed by atoms with Gasteiger partial charge in [0.15, 0.2) is 0 Å². The molecule has 4 aromatic rings. The fourth-order valence-electron chi connectivity index (χ4n) is 6.96. The number of pyridine rings is 1. The number of ketones is 1. The van der Waals surface area contributed by atoms with Crippen molar-refractivity contribution in [3.8, 4) is 17.0 Å². The number of hydrogen-bond acceptors (Lipinski definition) is 6. The molecule has 1 aliphatic heterocycles. The Morgan fingerprint density at radius 2 is 1.91 bits per heavy atom. The molecule has 1 fully saturated rings. The molecule has 0 amide bonds. The van der Waals surface area contributed by atoms with Crippen LogP contribution in [0.1, 0.15) is 60.2 Å². The first kappa shape index (κ1) is 27.7. The summed E-state index contributed by atoms with van der Waals surface area (Å²) in [7, 11) is 0. The van der Waals surface area contributed by atoms with Crippen LogP contribution in [0.3, 0.4) is 0 Å². The lowest BCUT2D eigenvalue weighted by atomic mass is 9.97. The van der Waals surface area contributed by atoms with E-state index in [2.05, 4.69) is 15.0 Å². The van der Waals surface area contributed by atoms with E-state index in [0.717, 1.165) is 34.5 Å².